The van der Waals surface area contributed by atoms with Crippen molar-refractivity contribution in [3.8, 4) is 5.75 Å². The topological polar surface area (TPSA) is 38.3 Å². The van der Waals surface area contributed by atoms with Gasteiger partial charge in [-0.25, -0.2) is 0 Å². The molecule has 1 amide bonds. The van der Waals surface area contributed by atoms with Gasteiger partial charge in [-0.15, -0.1) is 24.5 Å². The van der Waals surface area contributed by atoms with E-state index in [1.165, 1.54) is 35.6 Å². The monoisotopic (exact) mass is 329 g/mol. The number of hydrogen-bond donors (Lipinski definition) is 1. The first-order chi connectivity index (χ1) is 10.3. The number of carbonyl (C=O) groups is 1. The zero-order valence-corrected chi connectivity index (χ0v) is 12.7. The van der Waals surface area contributed by atoms with E-state index in [2.05, 4.69) is 10.1 Å². The van der Waals surface area contributed by atoms with Gasteiger partial charge in [0.1, 0.15) is 5.75 Å². The molecule has 1 heterocycles. The van der Waals surface area contributed by atoms with E-state index in [4.69, 9.17) is 0 Å². The third-order valence-corrected chi connectivity index (χ3v) is 4.04. The second kappa shape index (κ2) is 6.39. The van der Waals surface area contributed by atoms with Crippen molar-refractivity contribution in [3.63, 3.8) is 0 Å². The molecular weight excluding hydrogens is 315 g/mol. The Morgan fingerprint density at radius 2 is 1.86 bits per heavy atom. The molecule has 22 heavy (non-hydrogen) atoms. The first-order valence-electron chi connectivity index (χ1n) is 6.47. The summed E-state index contributed by atoms with van der Waals surface area (Å²) in [6, 6.07) is 6.96. The average Bonchev–Trinajstić information content (AvgIpc) is 2.84. The van der Waals surface area contributed by atoms with Gasteiger partial charge in [-0.3, -0.25) is 4.79 Å². The fourth-order valence-electron chi connectivity index (χ4n) is 1.91. The summed E-state index contributed by atoms with van der Waals surface area (Å²) in [5.74, 6) is -0.487. The van der Waals surface area contributed by atoms with E-state index in [9.17, 15) is 18.0 Å². The molecule has 0 aliphatic rings. The maximum absolute atomic E-state index is 12.1. The number of rotatable bonds is 4. The van der Waals surface area contributed by atoms with Crippen molar-refractivity contribution in [3.05, 3.63) is 51.7 Å². The molecule has 1 unspecified atom stereocenters. The van der Waals surface area contributed by atoms with Crippen LogP contribution in [0.4, 0.5) is 13.2 Å². The summed E-state index contributed by atoms with van der Waals surface area (Å²) < 4.78 is 40.1. The summed E-state index contributed by atoms with van der Waals surface area (Å²) in [5, 5.41) is 4.65. The molecule has 0 fully saturated rings. The van der Waals surface area contributed by atoms with E-state index in [-0.39, 0.29) is 17.7 Å². The zero-order chi connectivity index (χ0) is 16.3. The normalized spacial score (nSPS) is 12.8. The van der Waals surface area contributed by atoms with Crippen LogP contribution in [0.3, 0.4) is 0 Å². The Morgan fingerprint density at radius 3 is 2.36 bits per heavy atom. The van der Waals surface area contributed by atoms with Gasteiger partial charge in [-0.05, 0) is 48.6 Å². The van der Waals surface area contributed by atoms with Crippen molar-refractivity contribution in [2.75, 3.05) is 0 Å². The molecule has 2 aromatic rings. The molecular formula is C15H14F3NO2S. The smallest absolute Gasteiger partial charge is 0.406 e. The largest absolute Gasteiger partial charge is 0.573 e. The molecule has 0 bridgehead atoms. The zero-order valence-electron chi connectivity index (χ0n) is 11.9. The lowest BCUT2D eigenvalue weighted by Gasteiger charge is -2.15. The Labute approximate surface area is 129 Å². The summed E-state index contributed by atoms with van der Waals surface area (Å²) in [6.45, 7) is 3.61. The van der Waals surface area contributed by atoms with E-state index < -0.39 is 6.36 Å². The summed E-state index contributed by atoms with van der Waals surface area (Å²) in [6.07, 6.45) is -4.71. The predicted molar refractivity (Wildman–Crippen MR) is 78.1 cm³/mol. The van der Waals surface area contributed by atoms with Crippen molar-refractivity contribution >= 4 is 17.2 Å². The average molecular weight is 329 g/mol. The van der Waals surface area contributed by atoms with Crippen LogP contribution in [0, 0.1) is 6.92 Å². The quantitative estimate of drug-likeness (QED) is 0.900. The second-order valence-corrected chi connectivity index (χ2v) is 5.66. The van der Waals surface area contributed by atoms with Gasteiger partial charge in [-0.1, -0.05) is 12.1 Å². The molecule has 0 aliphatic carbocycles. The summed E-state index contributed by atoms with van der Waals surface area (Å²) >= 11 is 1.35. The van der Waals surface area contributed by atoms with Gasteiger partial charge in [0.2, 0.25) is 0 Å². The highest BCUT2D eigenvalue weighted by Crippen LogP contribution is 2.24. The Balaban J connectivity index is 2.02. The molecule has 2 rings (SSSR count). The van der Waals surface area contributed by atoms with E-state index in [0.717, 1.165) is 5.56 Å². The van der Waals surface area contributed by atoms with Crippen molar-refractivity contribution in [2.24, 2.45) is 0 Å². The van der Waals surface area contributed by atoms with Crippen molar-refractivity contribution in [1.29, 1.82) is 0 Å². The lowest BCUT2D eigenvalue weighted by molar-refractivity contribution is -0.274. The minimum absolute atomic E-state index is 0.199. The van der Waals surface area contributed by atoms with Crippen LogP contribution < -0.4 is 10.1 Å². The van der Waals surface area contributed by atoms with Gasteiger partial charge >= 0.3 is 6.36 Å². The Morgan fingerprint density at radius 1 is 1.23 bits per heavy atom. The fourth-order valence-corrected chi connectivity index (χ4v) is 2.74. The van der Waals surface area contributed by atoms with Crippen molar-refractivity contribution < 1.29 is 22.7 Å². The van der Waals surface area contributed by atoms with Crippen LogP contribution in [0.2, 0.25) is 0 Å². The Bertz CT molecular complexity index is 650. The fraction of sp³-hybridized carbons (Fsp3) is 0.267. The van der Waals surface area contributed by atoms with E-state index in [0.29, 0.717) is 10.4 Å². The molecule has 1 atom stereocenters. The van der Waals surface area contributed by atoms with Crippen LogP contribution in [-0.2, 0) is 0 Å². The molecule has 1 aromatic carbocycles. The molecule has 0 saturated carbocycles. The number of amides is 1. The van der Waals surface area contributed by atoms with Crippen LogP contribution in [0.15, 0.2) is 35.7 Å². The minimum atomic E-state index is -4.71. The molecule has 0 spiro atoms. The second-order valence-electron chi connectivity index (χ2n) is 4.74. The molecule has 0 radical (unpaired) electrons. The number of hydrogen-bond acceptors (Lipinski definition) is 3. The van der Waals surface area contributed by atoms with E-state index >= 15 is 0 Å². The Hall–Kier alpha value is -2.02. The number of halogens is 3. The number of alkyl halides is 3. The number of aryl methyl sites for hydroxylation is 1. The van der Waals surface area contributed by atoms with Crippen LogP contribution in [0.5, 0.6) is 5.75 Å². The first kappa shape index (κ1) is 16.4. The standard InChI is InChI=1S/C15H14F3NO2S/c1-9-7-8-22-13(9)14(20)19-10(2)11-3-5-12(6-4-11)21-15(16,17)18/h3-8,10H,1-2H3,(H,19,20). The maximum atomic E-state index is 12.1. The highest BCUT2D eigenvalue weighted by molar-refractivity contribution is 7.12. The summed E-state index contributed by atoms with van der Waals surface area (Å²) in [7, 11) is 0. The number of ether oxygens (including phenoxy) is 1. The van der Waals surface area contributed by atoms with Gasteiger partial charge < -0.3 is 10.1 Å². The van der Waals surface area contributed by atoms with Crippen LogP contribution >= 0.6 is 11.3 Å². The third-order valence-electron chi connectivity index (χ3n) is 3.03. The number of carbonyl (C=O) groups excluding carboxylic acids is 1. The molecule has 0 aliphatic heterocycles. The number of benzene rings is 1. The lowest BCUT2D eigenvalue weighted by atomic mass is 10.1. The van der Waals surface area contributed by atoms with Crippen LogP contribution in [0.1, 0.15) is 33.8 Å². The van der Waals surface area contributed by atoms with Gasteiger partial charge in [0.05, 0.1) is 10.9 Å². The maximum Gasteiger partial charge on any atom is 0.573 e. The van der Waals surface area contributed by atoms with E-state index in [1.807, 2.05) is 18.4 Å². The van der Waals surface area contributed by atoms with Crippen LogP contribution in [0.25, 0.3) is 0 Å². The van der Waals surface area contributed by atoms with Gasteiger partial charge in [-0.2, -0.15) is 0 Å². The summed E-state index contributed by atoms with van der Waals surface area (Å²) in [4.78, 5) is 12.7. The molecule has 0 saturated heterocycles. The van der Waals surface area contributed by atoms with Gasteiger partial charge in [0, 0.05) is 0 Å². The molecule has 1 aromatic heterocycles. The first-order valence-corrected chi connectivity index (χ1v) is 7.35. The lowest BCUT2D eigenvalue weighted by Crippen LogP contribution is -2.26. The minimum Gasteiger partial charge on any atom is -0.406 e. The SMILES string of the molecule is Cc1ccsc1C(=O)NC(C)c1ccc(OC(F)(F)F)cc1. The van der Waals surface area contributed by atoms with Crippen molar-refractivity contribution in [2.45, 2.75) is 26.3 Å². The third kappa shape index (κ3) is 4.24. The number of thiophene rings is 1. The number of nitrogens with one attached hydrogen (secondary N) is 1. The highest BCUT2D eigenvalue weighted by atomic mass is 32.1. The highest BCUT2D eigenvalue weighted by Gasteiger charge is 2.31. The molecule has 118 valence electrons. The molecule has 7 heteroatoms. The summed E-state index contributed by atoms with van der Waals surface area (Å²) in [5.41, 5.74) is 1.58. The van der Waals surface area contributed by atoms with Crippen LogP contribution in [-0.4, -0.2) is 12.3 Å². The Kier molecular flexibility index (Phi) is 4.75. The van der Waals surface area contributed by atoms with E-state index in [1.54, 1.807) is 6.92 Å². The molecule has 3 nitrogen and oxygen atoms in total. The van der Waals surface area contributed by atoms with Crippen molar-refractivity contribution in [1.82, 2.24) is 5.32 Å². The van der Waals surface area contributed by atoms with Gasteiger partial charge in [0.25, 0.3) is 5.91 Å². The predicted octanol–water partition coefficient (Wildman–Crippen LogP) is 4.45. The van der Waals surface area contributed by atoms with Gasteiger partial charge in [0.15, 0.2) is 0 Å². The molecule has 1 N–H and O–H groups in total.